The second kappa shape index (κ2) is 5.04. The number of benzene rings is 1. The van der Waals surface area contributed by atoms with Crippen LogP contribution in [0.25, 0.3) is 10.9 Å². The van der Waals surface area contributed by atoms with E-state index in [9.17, 15) is 0 Å². The number of hydrogen-bond donors (Lipinski definition) is 1. The minimum atomic E-state index is 0.734. The Kier molecular flexibility index (Phi) is 3.04. The first kappa shape index (κ1) is 12.7. The summed E-state index contributed by atoms with van der Waals surface area (Å²) >= 11 is 0. The van der Waals surface area contributed by atoms with Gasteiger partial charge >= 0.3 is 0 Å². The van der Waals surface area contributed by atoms with Gasteiger partial charge in [0.25, 0.3) is 0 Å². The molecule has 1 saturated carbocycles. The summed E-state index contributed by atoms with van der Waals surface area (Å²) < 4.78 is 4.39. The molecule has 1 aliphatic rings. The predicted octanol–water partition coefficient (Wildman–Crippen LogP) is 2.68. The molecule has 4 heteroatoms. The minimum Gasteiger partial charge on any atom is -0.340 e. The van der Waals surface area contributed by atoms with E-state index >= 15 is 0 Å². The van der Waals surface area contributed by atoms with Gasteiger partial charge in [-0.1, -0.05) is 18.2 Å². The maximum atomic E-state index is 4.44. The largest absolute Gasteiger partial charge is 0.340 e. The number of rotatable bonds is 5. The molecule has 108 valence electrons. The average molecular weight is 280 g/mol. The number of nitrogens with zero attached hydrogens (tertiary/aromatic N) is 3. The highest BCUT2D eigenvalue weighted by atomic mass is 15.1. The fourth-order valence-corrected chi connectivity index (χ4v) is 2.86. The predicted molar refractivity (Wildman–Crippen MR) is 84.1 cm³/mol. The maximum absolute atomic E-state index is 4.44. The zero-order chi connectivity index (χ0) is 14.2. The van der Waals surface area contributed by atoms with Crippen molar-refractivity contribution in [2.45, 2.75) is 32.0 Å². The lowest BCUT2D eigenvalue weighted by molar-refractivity contribution is 0.681. The highest BCUT2D eigenvalue weighted by molar-refractivity contribution is 5.83. The molecule has 1 fully saturated rings. The van der Waals surface area contributed by atoms with Crippen LogP contribution < -0.4 is 5.32 Å². The standard InChI is InChI=1S/C17H20N4/c1-20-10-8-18-16(20)12-21-9-7-13-3-2-4-14(17(13)21)11-19-15-5-6-15/h2-4,7-10,15,19H,5-6,11-12H2,1H3. The molecule has 0 bridgehead atoms. The van der Waals surface area contributed by atoms with Crippen LogP contribution in [0.1, 0.15) is 24.2 Å². The van der Waals surface area contributed by atoms with Crippen LogP contribution in [0.15, 0.2) is 42.9 Å². The first-order valence-corrected chi connectivity index (χ1v) is 7.57. The van der Waals surface area contributed by atoms with Crippen molar-refractivity contribution >= 4 is 10.9 Å². The van der Waals surface area contributed by atoms with E-state index in [0.29, 0.717) is 0 Å². The Morgan fingerprint density at radius 2 is 2.14 bits per heavy atom. The molecule has 0 aliphatic heterocycles. The summed E-state index contributed by atoms with van der Waals surface area (Å²) in [7, 11) is 2.05. The average Bonchev–Trinajstić information content (AvgIpc) is 3.11. The summed E-state index contributed by atoms with van der Waals surface area (Å²) in [6, 6.07) is 9.49. The maximum Gasteiger partial charge on any atom is 0.128 e. The van der Waals surface area contributed by atoms with E-state index in [2.05, 4.69) is 49.9 Å². The highest BCUT2D eigenvalue weighted by Crippen LogP contribution is 2.24. The number of hydrogen-bond acceptors (Lipinski definition) is 2. The molecule has 0 amide bonds. The first-order valence-electron chi connectivity index (χ1n) is 7.57. The number of imidazole rings is 1. The molecule has 4 rings (SSSR count). The van der Waals surface area contributed by atoms with Gasteiger partial charge in [-0.25, -0.2) is 4.98 Å². The van der Waals surface area contributed by atoms with Gasteiger partial charge in [0.15, 0.2) is 0 Å². The van der Waals surface area contributed by atoms with Crippen molar-refractivity contribution in [2.75, 3.05) is 0 Å². The van der Waals surface area contributed by atoms with E-state index < -0.39 is 0 Å². The van der Waals surface area contributed by atoms with Crippen LogP contribution in [0.2, 0.25) is 0 Å². The van der Waals surface area contributed by atoms with Crippen LogP contribution in [-0.4, -0.2) is 20.2 Å². The van der Waals surface area contributed by atoms with E-state index in [0.717, 1.165) is 25.0 Å². The van der Waals surface area contributed by atoms with Crippen LogP contribution in [0, 0.1) is 0 Å². The molecule has 1 aliphatic carbocycles. The molecule has 0 unspecified atom stereocenters. The van der Waals surface area contributed by atoms with Crippen LogP contribution in [-0.2, 0) is 20.1 Å². The van der Waals surface area contributed by atoms with Gasteiger partial charge in [0.1, 0.15) is 5.82 Å². The van der Waals surface area contributed by atoms with Crippen molar-refractivity contribution in [1.29, 1.82) is 0 Å². The molecular formula is C17H20N4. The summed E-state index contributed by atoms with van der Waals surface area (Å²) in [5.41, 5.74) is 2.70. The lowest BCUT2D eigenvalue weighted by atomic mass is 10.1. The SMILES string of the molecule is Cn1ccnc1Cn1ccc2cccc(CNC3CC3)c21. The summed E-state index contributed by atoms with van der Waals surface area (Å²) in [5.74, 6) is 1.08. The fraction of sp³-hybridized carbons (Fsp3) is 0.353. The quantitative estimate of drug-likeness (QED) is 0.780. The van der Waals surface area contributed by atoms with Crippen molar-refractivity contribution in [2.24, 2.45) is 7.05 Å². The Labute approximate surface area is 124 Å². The summed E-state index contributed by atoms with van der Waals surface area (Å²) in [6.07, 6.45) is 8.67. The Morgan fingerprint density at radius 1 is 1.24 bits per heavy atom. The number of aromatic nitrogens is 3. The third-order valence-electron chi connectivity index (χ3n) is 4.26. The molecule has 0 radical (unpaired) electrons. The van der Waals surface area contributed by atoms with Crippen LogP contribution in [0.3, 0.4) is 0 Å². The lowest BCUT2D eigenvalue weighted by Crippen LogP contribution is -2.16. The summed E-state index contributed by atoms with van der Waals surface area (Å²) in [4.78, 5) is 4.44. The van der Waals surface area contributed by atoms with Crippen molar-refractivity contribution in [3.63, 3.8) is 0 Å². The minimum absolute atomic E-state index is 0.734. The Morgan fingerprint density at radius 3 is 2.90 bits per heavy atom. The van der Waals surface area contributed by atoms with Gasteiger partial charge in [0, 0.05) is 38.2 Å². The normalized spacial score (nSPS) is 14.9. The number of aryl methyl sites for hydroxylation is 1. The molecule has 2 aromatic heterocycles. The lowest BCUT2D eigenvalue weighted by Gasteiger charge is -2.11. The monoisotopic (exact) mass is 280 g/mol. The van der Waals surface area contributed by atoms with E-state index in [1.165, 1.54) is 29.3 Å². The van der Waals surface area contributed by atoms with Gasteiger partial charge in [-0.15, -0.1) is 0 Å². The van der Waals surface area contributed by atoms with Crippen LogP contribution in [0.4, 0.5) is 0 Å². The van der Waals surface area contributed by atoms with Crippen molar-refractivity contribution < 1.29 is 0 Å². The van der Waals surface area contributed by atoms with E-state index in [4.69, 9.17) is 0 Å². The number of para-hydroxylation sites is 1. The topological polar surface area (TPSA) is 34.8 Å². The fourth-order valence-electron chi connectivity index (χ4n) is 2.86. The van der Waals surface area contributed by atoms with Gasteiger partial charge < -0.3 is 14.5 Å². The zero-order valence-corrected chi connectivity index (χ0v) is 12.3. The molecule has 3 aromatic rings. The van der Waals surface area contributed by atoms with E-state index in [1.54, 1.807) is 0 Å². The summed E-state index contributed by atoms with van der Waals surface area (Å²) in [5, 5.41) is 4.92. The molecule has 0 saturated heterocycles. The second-order valence-electron chi connectivity index (χ2n) is 5.91. The highest BCUT2D eigenvalue weighted by Gasteiger charge is 2.20. The molecule has 1 aromatic carbocycles. The van der Waals surface area contributed by atoms with E-state index in [-0.39, 0.29) is 0 Å². The second-order valence-corrected chi connectivity index (χ2v) is 5.91. The first-order chi connectivity index (χ1) is 10.3. The molecule has 0 atom stereocenters. The van der Waals surface area contributed by atoms with Gasteiger partial charge in [0.2, 0.25) is 0 Å². The van der Waals surface area contributed by atoms with Gasteiger partial charge in [0.05, 0.1) is 12.1 Å². The number of nitrogens with one attached hydrogen (secondary N) is 1. The van der Waals surface area contributed by atoms with E-state index in [1.807, 2.05) is 19.4 Å². The summed E-state index contributed by atoms with van der Waals surface area (Å²) in [6.45, 7) is 1.76. The van der Waals surface area contributed by atoms with Crippen molar-refractivity contribution in [3.8, 4) is 0 Å². The Hall–Kier alpha value is -2.07. The molecular weight excluding hydrogens is 260 g/mol. The third-order valence-corrected chi connectivity index (χ3v) is 4.26. The number of fused-ring (bicyclic) bond motifs is 1. The van der Waals surface area contributed by atoms with Crippen molar-refractivity contribution in [3.05, 3.63) is 54.2 Å². The molecule has 4 nitrogen and oxygen atoms in total. The van der Waals surface area contributed by atoms with Gasteiger partial charge in [-0.3, -0.25) is 0 Å². The Bertz CT molecular complexity index is 764. The zero-order valence-electron chi connectivity index (χ0n) is 12.3. The molecule has 21 heavy (non-hydrogen) atoms. The third kappa shape index (κ3) is 2.47. The Balaban J connectivity index is 1.69. The van der Waals surface area contributed by atoms with Crippen molar-refractivity contribution in [1.82, 2.24) is 19.4 Å². The van der Waals surface area contributed by atoms with Crippen LogP contribution >= 0.6 is 0 Å². The van der Waals surface area contributed by atoms with Gasteiger partial charge in [-0.05, 0) is 29.9 Å². The smallest absolute Gasteiger partial charge is 0.128 e. The molecule has 0 spiro atoms. The van der Waals surface area contributed by atoms with Gasteiger partial charge in [-0.2, -0.15) is 0 Å². The molecule has 1 N–H and O–H groups in total. The molecule has 2 heterocycles. The van der Waals surface area contributed by atoms with Crippen LogP contribution in [0.5, 0.6) is 0 Å².